The van der Waals surface area contributed by atoms with Crippen LogP contribution in [0.5, 0.6) is 5.75 Å². The molecule has 28 heavy (non-hydrogen) atoms. The highest BCUT2D eigenvalue weighted by Gasteiger charge is 2.21. The first-order valence-electron chi connectivity index (χ1n) is 8.76. The second-order valence-electron chi connectivity index (χ2n) is 6.54. The van der Waals surface area contributed by atoms with Gasteiger partial charge in [0.15, 0.2) is 11.6 Å². The van der Waals surface area contributed by atoms with E-state index in [-0.39, 0.29) is 10.8 Å². The zero-order valence-electron chi connectivity index (χ0n) is 15.0. The largest absolute Gasteiger partial charge is 0.482 e. The second kappa shape index (κ2) is 7.58. The Balaban J connectivity index is 1.65. The molecule has 1 atom stereocenters. The summed E-state index contributed by atoms with van der Waals surface area (Å²) in [5, 5.41) is 3.53. The number of nitrogen functional groups attached to an aromatic ring is 1. The van der Waals surface area contributed by atoms with Gasteiger partial charge in [-0.3, -0.25) is 0 Å². The second-order valence-corrected chi connectivity index (χ2v) is 7.32. The molecule has 0 amide bonds. The fraction of sp³-hybridized carbons (Fsp3) is 0.263. The van der Waals surface area contributed by atoms with E-state index in [0.29, 0.717) is 16.3 Å². The maximum Gasteiger partial charge on any atom is 0.166 e. The Morgan fingerprint density at radius 1 is 1.36 bits per heavy atom. The third kappa shape index (κ3) is 3.53. The monoisotopic (exact) mass is 421 g/mol. The van der Waals surface area contributed by atoms with E-state index in [2.05, 4.69) is 19.9 Å². The van der Waals surface area contributed by atoms with E-state index in [9.17, 15) is 4.39 Å². The number of imidazole rings is 1. The molecule has 0 fully saturated rings. The molecule has 2 aromatic heterocycles. The number of hydrogen-bond donors (Lipinski definition) is 2. The highest BCUT2D eigenvalue weighted by Crippen LogP contribution is 2.36. The molecule has 6 nitrogen and oxygen atoms in total. The van der Waals surface area contributed by atoms with Crippen LogP contribution in [-0.2, 0) is 13.1 Å². The van der Waals surface area contributed by atoms with Crippen LogP contribution < -0.4 is 15.8 Å². The fourth-order valence-electron chi connectivity index (χ4n) is 3.18. The molecule has 3 N–H and O–H groups in total. The third-order valence-corrected chi connectivity index (χ3v) is 5.35. The number of nitrogens with one attached hydrogen (secondary N) is 1. The number of aromatic nitrogens is 3. The standard InChI is InChI=1S/C19H18Cl2FN5O/c1-10(17-12(20)2-3-13(22)18(17)21)28-15-6-11(7-25-19(15)23)14-9-27-5-4-24-8-16(27)26-14/h2-3,6-7,9-10,24H,4-5,8H2,1H3,(H2,23,25)/t10-/m1/s1. The van der Waals surface area contributed by atoms with Crippen LogP contribution in [0.2, 0.25) is 10.0 Å². The molecule has 0 unspecified atom stereocenters. The summed E-state index contributed by atoms with van der Waals surface area (Å²) in [5.41, 5.74) is 7.90. The first-order valence-corrected chi connectivity index (χ1v) is 9.52. The number of ether oxygens (including phenoxy) is 1. The molecule has 1 aromatic carbocycles. The van der Waals surface area contributed by atoms with Crippen LogP contribution in [0.25, 0.3) is 11.3 Å². The number of nitrogens with two attached hydrogens (primary N) is 1. The molecule has 0 aliphatic carbocycles. The van der Waals surface area contributed by atoms with Gasteiger partial charge in [0.25, 0.3) is 0 Å². The molecular weight excluding hydrogens is 404 g/mol. The predicted octanol–water partition coefficient (Wildman–Crippen LogP) is 4.22. The minimum absolute atomic E-state index is 0.0723. The maximum absolute atomic E-state index is 13.8. The topological polar surface area (TPSA) is 78.0 Å². The smallest absolute Gasteiger partial charge is 0.166 e. The summed E-state index contributed by atoms with van der Waals surface area (Å²) in [6.07, 6.45) is 3.00. The highest BCUT2D eigenvalue weighted by atomic mass is 35.5. The number of benzene rings is 1. The van der Waals surface area contributed by atoms with Gasteiger partial charge in [-0.25, -0.2) is 14.4 Å². The van der Waals surface area contributed by atoms with Crippen molar-refractivity contribution in [2.45, 2.75) is 26.1 Å². The van der Waals surface area contributed by atoms with Crippen molar-refractivity contribution in [3.63, 3.8) is 0 Å². The molecule has 3 heterocycles. The van der Waals surface area contributed by atoms with Gasteiger partial charge in [0, 0.05) is 41.6 Å². The number of rotatable bonds is 4. The Morgan fingerprint density at radius 2 is 2.18 bits per heavy atom. The Hall–Kier alpha value is -2.35. The van der Waals surface area contributed by atoms with Gasteiger partial charge in [0.05, 0.1) is 17.3 Å². The predicted molar refractivity (Wildman–Crippen MR) is 107 cm³/mol. The molecule has 3 aromatic rings. The SMILES string of the molecule is C[C@@H](Oc1cc(-c2cn3c(n2)CNCC3)cnc1N)c1c(Cl)ccc(F)c1Cl. The molecule has 1 aliphatic rings. The summed E-state index contributed by atoms with van der Waals surface area (Å²) < 4.78 is 21.9. The minimum Gasteiger partial charge on any atom is -0.482 e. The van der Waals surface area contributed by atoms with E-state index >= 15 is 0 Å². The molecule has 0 radical (unpaired) electrons. The first kappa shape index (κ1) is 19.0. The number of anilines is 1. The van der Waals surface area contributed by atoms with Crippen LogP contribution in [0, 0.1) is 5.82 Å². The van der Waals surface area contributed by atoms with Gasteiger partial charge in [0.2, 0.25) is 0 Å². The van der Waals surface area contributed by atoms with Crippen LogP contribution >= 0.6 is 23.2 Å². The van der Waals surface area contributed by atoms with Crippen molar-refractivity contribution in [2.75, 3.05) is 12.3 Å². The van der Waals surface area contributed by atoms with Crippen LogP contribution in [0.3, 0.4) is 0 Å². The summed E-state index contributed by atoms with van der Waals surface area (Å²) in [6, 6.07) is 4.42. The summed E-state index contributed by atoms with van der Waals surface area (Å²) >= 11 is 12.3. The van der Waals surface area contributed by atoms with Crippen molar-refractivity contribution in [3.05, 3.63) is 57.8 Å². The van der Waals surface area contributed by atoms with Gasteiger partial charge in [-0.2, -0.15) is 0 Å². The van der Waals surface area contributed by atoms with E-state index < -0.39 is 11.9 Å². The maximum atomic E-state index is 13.8. The van der Waals surface area contributed by atoms with Crippen LogP contribution in [-0.4, -0.2) is 21.1 Å². The number of nitrogens with zero attached hydrogens (tertiary/aromatic N) is 3. The fourth-order valence-corrected chi connectivity index (χ4v) is 3.86. The molecule has 0 saturated carbocycles. The molecule has 146 valence electrons. The summed E-state index contributed by atoms with van der Waals surface area (Å²) in [4.78, 5) is 8.86. The van der Waals surface area contributed by atoms with Crippen LogP contribution in [0.4, 0.5) is 10.2 Å². The average molecular weight is 422 g/mol. The number of halogens is 3. The van der Waals surface area contributed by atoms with E-state index in [1.165, 1.54) is 12.1 Å². The van der Waals surface area contributed by atoms with E-state index in [1.54, 1.807) is 19.2 Å². The van der Waals surface area contributed by atoms with Gasteiger partial charge in [-0.05, 0) is 25.1 Å². The van der Waals surface area contributed by atoms with Crippen LogP contribution in [0.15, 0.2) is 30.6 Å². The lowest BCUT2D eigenvalue weighted by molar-refractivity contribution is 0.227. The van der Waals surface area contributed by atoms with Gasteiger partial charge in [0.1, 0.15) is 17.7 Å². The molecule has 1 aliphatic heterocycles. The Bertz CT molecular complexity index is 1020. The molecule has 0 bridgehead atoms. The van der Waals surface area contributed by atoms with Crippen molar-refractivity contribution in [1.82, 2.24) is 19.9 Å². The molecule has 4 rings (SSSR count). The lowest BCUT2D eigenvalue weighted by Crippen LogP contribution is -2.27. The van der Waals surface area contributed by atoms with Crippen LogP contribution in [0.1, 0.15) is 24.4 Å². The molecule has 0 spiro atoms. The van der Waals surface area contributed by atoms with Crippen molar-refractivity contribution in [3.8, 4) is 17.0 Å². The highest BCUT2D eigenvalue weighted by molar-refractivity contribution is 6.36. The Labute approximate surface area is 171 Å². The molecule has 9 heteroatoms. The van der Waals surface area contributed by atoms with Crippen molar-refractivity contribution in [2.24, 2.45) is 0 Å². The normalized spacial score (nSPS) is 14.6. The zero-order valence-corrected chi connectivity index (χ0v) is 16.6. The minimum atomic E-state index is -0.630. The Kier molecular flexibility index (Phi) is 5.14. The van der Waals surface area contributed by atoms with Gasteiger partial charge >= 0.3 is 0 Å². The lowest BCUT2D eigenvalue weighted by atomic mass is 10.1. The third-order valence-electron chi connectivity index (χ3n) is 4.64. The Morgan fingerprint density at radius 3 is 2.96 bits per heavy atom. The van der Waals surface area contributed by atoms with Crippen molar-refractivity contribution in [1.29, 1.82) is 0 Å². The average Bonchev–Trinajstić information content (AvgIpc) is 3.11. The van der Waals surface area contributed by atoms with Gasteiger partial charge in [-0.1, -0.05) is 23.2 Å². The van der Waals surface area contributed by atoms with E-state index in [0.717, 1.165) is 36.7 Å². The lowest BCUT2D eigenvalue weighted by Gasteiger charge is -2.19. The summed E-state index contributed by atoms with van der Waals surface area (Å²) in [5.74, 6) is 0.969. The van der Waals surface area contributed by atoms with Gasteiger partial charge in [-0.15, -0.1) is 0 Å². The van der Waals surface area contributed by atoms with E-state index in [1.807, 2.05) is 6.20 Å². The number of fused-ring (bicyclic) bond motifs is 1. The zero-order chi connectivity index (χ0) is 19.8. The molecule has 0 saturated heterocycles. The summed E-state index contributed by atoms with van der Waals surface area (Å²) in [6.45, 7) is 4.21. The van der Waals surface area contributed by atoms with Crippen molar-refractivity contribution < 1.29 is 9.13 Å². The first-order chi connectivity index (χ1) is 13.4. The van der Waals surface area contributed by atoms with E-state index in [4.69, 9.17) is 33.7 Å². The van der Waals surface area contributed by atoms with Gasteiger partial charge < -0.3 is 20.4 Å². The quantitative estimate of drug-likeness (QED) is 0.616. The number of pyridine rings is 1. The number of hydrogen-bond acceptors (Lipinski definition) is 5. The van der Waals surface area contributed by atoms with Crippen molar-refractivity contribution >= 4 is 29.0 Å². The molecular formula is C19H18Cl2FN5O. The summed E-state index contributed by atoms with van der Waals surface area (Å²) in [7, 11) is 0.